The van der Waals surface area contributed by atoms with Gasteiger partial charge >= 0.3 is 0 Å². The predicted molar refractivity (Wildman–Crippen MR) is 117 cm³/mol. The zero-order valence-electron chi connectivity index (χ0n) is 18.5. The lowest BCUT2D eigenvalue weighted by Gasteiger charge is -2.21. The van der Waals surface area contributed by atoms with Crippen molar-refractivity contribution < 1.29 is 4.74 Å². The van der Waals surface area contributed by atoms with Crippen LogP contribution in [0.2, 0.25) is 0 Å². The second-order valence-electron chi connectivity index (χ2n) is 8.78. The Morgan fingerprint density at radius 3 is 2.00 bits per heavy atom. The lowest BCUT2D eigenvalue weighted by molar-refractivity contribution is 0.208. The molecule has 1 heteroatoms. The first-order valence-electron chi connectivity index (χ1n) is 10.7. The zero-order valence-corrected chi connectivity index (χ0v) is 18.5. The molecule has 1 aromatic carbocycles. The molecule has 0 bridgehead atoms. The summed E-state index contributed by atoms with van der Waals surface area (Å²) in [5.41, 5.74) is 5.51. The summed E-state index contributed by atoms with van der Waals surface area (Å²) in [6, 6.07) is 6.84. The van der Waals surface area contributed by atoms with Crippen molar-refractivity contribution in [3.8, 4) is 0 Å². The fraction of sp³-hybridized carbons (Fsp3) is 0.680. The minimum absolute atomic E-state index is 0.197. The van der Waals surface area contributed by atoms with Gasteiger partial charge in [-0.25, -0.2) is 0 Å². The van der Waals surface area contributed by atoms with Gasteiger partial charge in [0.2, 0.25) is 0 Å². The Bertz CT molecular complexity index is 560. The molecule has 0 aliphatic rings. The van der Waals surface area contributed by atoms with Crippen molar-refractivity contribution in [2.45, 2.75) is 105 Å². The third-order valence-corrected chi connectivity index (χ3v) is 5.34. The standard InChI is InChI=1S/C25H42O/c1-8-9-10-11-12-13-14-15-18-26-22(4)21(3)24-17-16-23(19-20(24)2)25(5,6)7/h16-17,19H,8-15,18H2,1-7H3. The number of aryl methyl sites for hydroxylation is 1. The number of allylic oxidation sites excluding steroid dienone is 2. The molecule has 0 saturated carbocycles. The van der Waals surface area contributed by atoms with E-state index in [4.69, 9.17) is 4.74 Å². The largest absolute Gasteiger partial charge is 0.498 e. The molecule has 1 nitrogen and oxygen atoms in total. The Morgan fingerprint density at radius 1 is 0.885 bits per heavy atom. The summed E-state index contributed by atoms with van der Waals surface area (Å²) < 4.78 is 6.04. The van der Waals surface area contributed by atoms with Gasteiger partial charge in [-0.05, 0) is 54.9 Å². The predicted octanol–water partition coefficient (Wildman–Crippen LogP) is 8.20. The summed E-state index contributed by atoms with van der Waals surface area (Å²) in [6.07, 6.45) is 10.7. The van der Waals surface area contributed by atoms with E-state index in [2.05, 4.69) is 66.7 Å². The quantitative estimate of drug-likeness (QED) is 0.286. The van der Waals surface area contributed by atoms with Crippen molar-refractivity contribution in [1.82, 2.24) is 0 Å². The van der Waals surface area contributed by atoms with Gasteiger partial charge in [0.05, 0.1) is 12.4 Å². The molecule has 0 fully saturated rings. The summed E-state index contributed by atoms with van der Waals surface area (Å²) in [6.45, 7) is 16.4. The molecule has 0 aromatic heterocycles. The van der Waals surface area contributed by atoms with Gasteiger partial charge < -0.3 is 4.74 Å². The van der Waals surface area contributed by atoms with Gasteiger partial charge in [-0.15, -0.1) is 0 Å². The SMILES string of the molecule is CCCCCCCCCCOC(C)=C(C)c1ccc(C(C)(C)C)cc1C. The summed E-state index contributed by atoms with van der Waals surface area (Å²) in [7, 11) is 0. The number of hydrogen-bond donors (Lipinski definition) is 0. The van der Waals surface area contributed by atoms with E-state index in [1.54, 1.807) is 0 Å². The van der Waals surface area contributed by atoms with E-state index < -0.39 is 0 Å². The van der Waals surface area contributed by atoms with Crippen molar-refractivity contribution >= 4 is 5.57 Å². The average molecular weight is 359 g/mol. The Morgan fingerprint density at radius 2 is 1.46 bits per heavy atom. The molecule has 0 radical (unpaired) electrons. The molecule has 0 atom stereocenters. The molecule has 26 heavy (non-hydrogen) atoms. The van der Waals surface area contributed by atoms with Gasteiger partial charge in [0.1, 0.15) is 0 Å². The topological polar surface area (TPSA) is 9.23 Å². The second kappa shape index (κ2) is 11.5. The van der Waals surface area contributed by atoms with Crippen LogP contribution in [0, 0.1) is 6.92 Å². The minimum Gasteiger partial charge on any atom is -0.498 e. The van der Waals surface area contributed by atoms with Gasteiger partial charge in [-0.2, -0.15) is 0 Å². The molecule has 0 saturated heterocycles. The maximum absolute atomic E-state index is 6.04. The maximum atomic E-state index is 6.04. The summed E-state index contributed by atoms with van der Waals surface area (Å²) in [4.78, 5) is 0. The van der Waals surface area contributed by atoms with Gasteiger partial charge in [0.15, 0.2) is 0 Å². The van der Waals surface area contributed by atoms with Gasteiger partial charge in [-0.3, -0.25) is 0 Å². The molecular weight excluding hydrogens is 316 g/mol. The van der Waals surface area contributed by atoms with E-state index >= 15 is 0 Å². The van der Waals surface area contributed by atoms with Crippen LogP contribution < -0.4 is 0 Å². The molecule has 0 N–H and O–H groups in total. The lowest BCUT2D eigenvalue weighted by atomic mass is 9.84. The third-order valence-electron chi connectivity index (χ3n) is 5.34. The molecule has 0 unspecified atom stereocenters. The summed E-state index contributed by atoms with van der Waals surface area (Å²) in [5, 5.41) is 0. The number of rotatable bonds is 11. The molecule has 1 rings (SSSR count). The van der Waals surface area contributed by atoms with E-state index in [0.717, 1.165) is 12.4 Å². The number of unbranched alkanes of at least 4 members (excludes halogenated alkanes) is 7. The highest BCUT2D eigenvalue weighted by molar-refractivity contribution is 5.68. The van der Waals surface area contributed by atoms with Crippen LogP contribution in [0.3, 0.4) is 0 Å². The van der Waals surface area contributed by atoms with Crippen LogP contribution in [0.1, 0.15) is 110 Å². The molecule has 0 heterocycles. The summed E-state index contributed by atoms with van der Waals surface area (Å²) in [5.74, 6) is 1.07. The fourth-order valence-corrected chi connectivity index (χ4v) is 3.31. The highest BCUT2D eigenvalue weighted by atomic mass is 16.5. The summed E-state index contributed by atoms with van der Waals surface area (Å²) >= 11 is 0. The molecule has 0 spiro atoms. The smallest absolute Gasteiger partial charge is 0.0963 e. The van der Waals surface area contributed by atoms with Gasteiger partial charge in [0.25, 0.3) is 0 Å². The van der Waals surface area contributed by atoms with E-state index in [1.165, 1.54) is 73.6 Å². The maximum Gasteiger partial charge on any atom is 0.0963 e. The minimum atomic E-state index is 0.197. The van der Waals surface area contributed by atoms with Crippen LogP contribution >= 0.6 is 0 Å². The molecule has 0 aliphatic heterocycles. The normalized spacial score (nSPS) is 12.9. The zero-order chi connectivity index (χ0) is 19.6. The van der Waals surface area contributed by atoms with Crippen LogP contribution in [0.4, 0.5) is 0 Å². The van der Waals surface area contributed by atoms with Crippen molar-refractivity contribution in [3.05, 3.63) is 40.6 Å². The van der Waals surface area contributed by atoms with Crippen LogP contribution in [-0.4, -0.2) is 6.61 Å². The second-order valence-corrected chi connectivity index (χ2v) is 8.78. The Hall–Kier alpha value is -1.24. The monoisotopic (exact) mass is 358 g/mol. The third kappa shape index (κ3) is 7.98. The Labute approximate surface area is 163 Å². The Kier molecular flexibility index (Phi) is 10.1. The lowest BCUT2D eigenvalue weighted by Crippen LogP contribution is -2.11. The first-order chi connectivity index (χ1) is 12.3. The van der Waals surface area contributed by atoms with E-state index in [1.807, 2.05) is 0 Å². The molecule has 0 amide bonds. The van der Waals surface area contributed by atoms with Crippen LogP contribution in [-0.2, 0) is 10.2 Å². The van der Waals surface area contributed by atoms with Crippen molar-refractivity contribution in [3.63, 3.8) is 0 Å². The van der Waals surface area contributed by atoms with Crippen LogP contribution in [0.15, 0.2) is 24.0 Å². The van der Waals surface area contributed by atoms with Crippen molar-refractivity contribution in [2.24, 2.45) is 0 Å². The van der Waals surface area contributed by atoms with Crippen LogP contribution in [0.25, 0.3) is 5.57 Å². The first kappa shape index (κ1) is 22.8. The van der Waals surface area contributed by atoms with Gasteiger partial charge in [-0.1, -0.05) is 90.8 Å². The number of hydrogen-bond acceptors (Lipinski definition) is 1. The molecular formula is C25H42O. The number of benzene rings is 1. The van der Waals surface area contributed by atoms with Crippen molar-refractivity contribution in [1.29, 1.82) is 0 Å². The number of ether oxygens (including phenoxy) is 1. The van der Waals surface area contributed by atoms with E-state index in [0.29, 0.717) is 0 Å². The van der Waals surface area contributed by atoms with E-state index in [9.17, 15) is 0 Å². The van der Waals surface area contributed by atoms with Crippen molar-refractivity contribution in [2.75, 3.05) is 6.61 Å². The van der Waals surface area contributed by atoms with E-state index in [-0.39, 0.29) is 5.41 Å². The molecule has 148 valence electrons. The van der Waals surface area contributed by atoms with Crippen LogP contribution in [0.5, 0.6) is 0 Å². The molecule has 0 aliphatic carbocycles. The van der Waals surface area contributed by atoms with Gasteiger partial charge in [0, 0.05) is 0 Å². The highest BCUT2D eigenvalue weighted by Crippen LogP contribution is 2.28. The average Bonchev–Trinajstić information content (AvgIpc) is 2.58. The Balaban J connectivity index is 2.45. The first-order valence-corrected chi connectivity index (χ1v) is 10.7. The fourth-order valence-electron chi connectivity index (χ4n) is 3.31. The molecule has 1 aromatic rings. The highest BCUT2D eigenvalue weighted by Gasteiger charge is 2.15.